The maximum atomic E-state index is 12.7. The van der Waals surface area contributed by atoms with Crippen molar-refractivity contribution in [1.82, 2.24) is 14.6 Å². The van der Waals surface area contributed by atoms with E-state index in [0.717, 1.165) is 10.4 Å². The second-order valence-corrected chi connectivity index (χ2v) is 8.89. The summed E-state index contributed by atoms with van der Waals surface area (Å²) in [7, 11) is -4.02. The van der Waals surface area contributed by atoms with Gasteiger partial charge in [0.05, 0.1) is 5.56 Å². The van der Waals surface area contributed by atoms with Gasteiger partial charge in [-0.2, -0.15) is 13.2 Å². The van der Waals surface area contributed by atoms with E-state index in [1.54, 1.807) is 0 Å². The molecule has 1 aromatic carbocycles. The third-order valence-corrected chi connectivity index (χ3v) is 6.63. The number of aromatic nitrogens is 1. The summed E-state index contributed by atoms with van der Waals surface area (Å²) in [4.78, 5) is 28.4. The Hall–Kier alpha value is -3.15. The van der Waals surface area contributed by atoms with Crippen LogP contribution >= 0.6 is 0 Å². The number of ether oxygens (including phenoxy) is 1. The fraction of sp³-hybridized carbons (Fsp3) is 0.316. The maximum Gasteiger partial charge on any atom is 0.422 e. The van der Waals surface area contributed by atoms with Gasteiger partial charge in [0, 0.05) is 29.9 Å². The first-order chi connectivity index (χ1) is 14.6. The number of carbonyl (C=O) groups excluding carboxylic acids is 2. The highest BCUT2D eigenvalue weighted by Crippen LogP contribution is 2.39. The molecule has 0 atom stereocenters. The fourth-order valence-electron chi connectivity index (χ4n) is 3.17. The molecular formula is C19H16F3N3O5S. The van der Waals surface area contributed by atoms with Gasteiger partial charge in [0.2, 0.25) is 5.88 Å². The van der Waals surface area contributed by atoms with Crippen LogP contribution in [-0.4, -0.2) is 48.3 Å². The molecule has 1 saturated carbocycles. The molecule has 2 amide bonds. The van der Waals surface area contributed by atoms with Gasteiger partial charge >= 0.3 is 6.18 Å². The number of fused-ring (bicyclic) bond motifs is 1. The number of benzene rings is 1. The van der Waals surface area contributed by atoms with E-state index in [1.165, 1.54) is 30.5 Å². The summed E-state index contributed by atoms with van der Waals surface area (Å²) in [5, 5.41) is 2.50. The lowest BCUT2D eigenvalue weighted by Gasteiger charge is -2.13. The van der Waals surface area contributed by atoms with Crippen LogP contribution in [-0.2, 0) is 16.6 Å². The molecule has 2 aliphatic rings. The van der Waals surface area contributed by atoms with Gasteiger partial charge in [0.25, 0.3) is 21.8 Å². The van der Waals surface area contributed by atoms with Gasteiger partial charge in [0.1, 0.15) is 4.90 Å². The molecule has 8 nitrogen and oxygen atoms in total. The molecule has 0 unspecified atom stereocenters. The molecule has 0 spiro atoms. The van der Waals surface area contributed by atoms with Crippen LogP contribution in [0.25, 0.3) is 0 Å². The molecule has 1 aliphatic heterocycles. The third kappa shape index (κ3) is 4.20. The number of hydrogen-bond donors (Lipinski definition) is 1. The normalized spacial score (nSPS) is 17.4. The van der Waals surface area contributed by atoms with Crippen LogP contribution in [0.4, 0.5) is 13.2 Å². The van der Waals surface area contributed by atoms with E-state index in [9.17, 15) is 31.2 Å². The van der Waals surface area contributed by atoms with E-state index in [4.69, 9.17) is 0 Å². The first kappa shape index (κ1) is 21.1. The second kappa shape index (κ2) is 7.52. The number of pyridine rings is 1. The topological polar surface area (TPSA) is 106 Å². The van der Waals surface area contributed by atoms with E-state index in [1.807, 2.05) is 0 Å². The molecule has 0 bridgehead atoms. The van der Waals surface area contributed by atoms with Crippen LogP contribution in [0, 0.1) is 0 Å². The number of rotatable bonds is 6. The molecule has 1 fully saturated rings. The summed E-state index contributed by atoms with van der Waals surface area (Å²) in [5.41, 5.74) is 0.219. The zero-order valence-electron chi connectivity index (χ0n) is 15.8. The SMILES string of the molecule is O=C(NCc1cccnc1OCC(F)(F)F)c1ccc2c(c1)S(=O)(=O)N(C1CC1)C2=O. The van der Waals surface area contributed by atoms with Crippen LogP contribution < -0.4 is 10.1 Å². The third-order valence-electron chi connectivity index (χ3n) is 4.75. The number of carbonyl (C=O) groups is 2. The Balaban J connectivity index is 1.49. The molecule has 1 aromatic heterocycles. The van der Waals surface area contributed by atoms with Crippen molar-refractivity contribution < 1.29 is 35.9 Å². The number of hydrogen-bond acceptors (Lipinski definition) is 6. The highest BCUT2D eigenvalue weighted by atomic mass is 32.2. The van der Waals surface area contributed by atoms with Crippen LogP contribution in [0.3, 0.4) is 0 Å². The van der Waals surface area contributed by atoms with Crippen LogP contribution in [0.5, 0.6) is 5.88 Å². The van der Waals surface area contributed by atoms with Gasteiger partial charge in [-0.3, -0.25) is 9.59 Å². The molecule has 0 saturated heterocycles. The minimum absolute atomic E-state index is 0.00516. The number of nitrogens with one attached hydrogen (secondary N) is 1. The van der Waals surface area contributed by atoms with Gasteiger partial charge in [-0.25, -0.2) is 17.7 Å². The van der Waals surface area contributed by atoms with E-state index in [-0.39, 0.29) is 40.1 Å². The van der Waals surface area contributed by atoms with Crippen molar-refractivity contribution in [3.63, 3.8) is 0 Å². The number of amides is 2. The molecule has 1 N–H and O–H groups in total. The molecule has 31 heavy (non-hydrogen) atoms. The minimum Gasteiger partial charge on any atom is -0.468 e. The van der Waals surface area contributed by atoms with E-state index < -0.39 is 34.6 Å². The quantitative estimate of drug-likeness (QED) is 0.717. The van der Waals surface area contributed by atoms with Crippen molar-refractivity contribution in [1.29, 1.82) is 0 Å². The van der Waals surface area contributed by atoms with Crippen LogP contribution in [0.2, 0.25) is 0 Å². The summed E-state index contributed by atoms with van der Waals surface area (Å²) < 4.78 is 68.1. The van der Waals surface area contributed by atoms with E-state index in [0.29, 0.717) is 12.8 Å². The van der Waals surface area contributed by atoms with Gasteiger partial charge < -0.3 is 10.1 Å². The Labute approximate surface area is 175 Å². The Morgan fingerprint density at radius 2 is 2.00 bits per heavy atom. The molecule has 1 aliphatic carbocycles. The number of alkyl halides is 3. The predicted molar refractivity (Wildman–Crippen MR) is 99.8 cm³/mol. The second-order valence-electron chi connectivity index (χ2n) is 7.10. The Bertz CT molecular complexity index is 1160. The van der Waals surface area contributed by atoms with Gasteiger partial charge in [-0.05, 0) is 37.1 Å². The highest BCUT2D eigenvalue weighted by Gasteiger charge is 2.48. The largest absolute Gasteiger partial charge is 0.468 e. The Morgan fingerprint density at radius 1 is 1.26 bits per heavy atom. The molecule has 12 heteroatoms. The standard InChI is InChI=1S/C19H16F3N3O5S/c20-19(21,22)10-30-17-12(2-1-7-23-17)9-24-16(26)11-3-6-14-15(8-11)31(28,29)25(18(14)27)13-4-5-13/h1-3,6-8,13H,4-5,9-10H2,(H,24,26). The van der Waals surface area contributed by atoms with Crippen molar-refractivity contribution in [3.05, 3.63) is 53.2 Å². The molecule has 2 aromatic rings. The zero-order chi connectivity index (χ0) is 22.4. The maximum absolute atomic E-state index is 12.7. The lowest BCUT2D eigenvalue weighted by atomic mass is 10.1. The van der Waals surface area contributed by atoms with E-state index >= 15 is 0 Å². The fourth-order valence-corrected chi connectivity index (χ4v) is 5.02. The molecular weight excluding hydrogens is 439 g/mol. The predicted octanol–water partition coefficient (Wildman–Crippen LogP) is 2.26. The molecule has 0 radical (unpaired) electrons. The van der Waals surface area contributed by atoms with Gasteiger partial charge in [0.15, 0.2) is 6.61 Å². The minimum atomic E-state index is -4.54. The van der Waals surface area contributed by atoms with Crippen molar-refractivity contribution in [2.24, 2.45) is 0 Å². The molecule has 164 valence electrons. The van der Waals surface area contributed by atoms with Crippen LogP contribution in [0.15, 0.2) is 41.4 Å². The van der Waals surface area contributed by atoms with Crippen molar-refractivity contribution >= 4 is 21.8 Å². The molecule has 2 heterocycles. The number of nitrogens with zero attached hydrogens (tertiary/aromatic N) is 2. The number of halogens is 3. The van der Waals surface area contributed by atoms with E-state index in [2.05, 4.69) is 15.0 Å². The van der Waals surface area contributed by atoms with Crippen molar-refractivity contribution in [2.75, 3.05) is 6.61 Å². The zero-order valence-corrected chi connectivity index (χ0v) is 16.7. The first-order valence-electron chi connectivity index (χ1n) is 9.22. The Morgan fingerprint density at radius 3 is 2.68 bits per heavy atom. The van der Waals surface area contributed by atoms with Crippen LogP contribution in [0.1, 0.15) is 39.1 Å². The van der Waals surface area contributed by atoms with Crippen molar-refractivity contribution in [2.45, 2.75) is 36.5 Å². The first-order valence-corrected chi connectivity index (χ1v) is 10.7. The monoisotopic (exact) mass is 455 g/mol. The highest BCUT2D eigenvalue weighted by molar-refractivity contribution is 7.90. The summed E-state index contributed by atoms with van der Waals surface area (Å²) in [5.74, 6) is -1.55. The molecule has 4 rings (SSSR count). The number of sulfonamides is 1. The summed E-state index contributed by atoms with van der Waals surface area (Å²) in [6.45, 7) is -1.73. The van der Waals surface area contributed by atoms with Gasteiger partial charge in [-0.1, -0.05) is 6.07 Å². The average molecular weight is 455 g/mol. The smallest absolute Gasteiger partial charge is 0.422 e. The van der Waals surface area contributed by atoms with Crippen molar-refractivity contribution in [3.8, 4) is 5.88 Å². The Kier molecular flexibility index (Phi) is 5.12. The lowest BCUT2D eigenvalue weighted by Crippen LogP contribution is -2.32. The average Bonchev–Trinajstić information content (AvgIpc) is 3.51. The summed E-state index contributed by atoms with van der Waals surface area (Å²) >= 11 is 0. The summed E-state index contributed by atoms with van der Waals surface area (Å²) in [6.07, 6.45) is -2.07. The summed E-state index contributed by atoms with van der Waals surface area (Å²) in [6, 6.07) is 6.31. The lowest BCUT2D eigenvalue weighted by molar-refractivity contribution is -0.154. The van der Waals surface area contributed by atoms with Gasteiger partial charge in [-0.15, -0.1) is 0 Å².